The number of benzene rings is 3. The molecule has 2 aliphatic heterocycles. The van der Waals surface area contributed by atoms with E-state index < -0.39 is 0 Å². The Hall–Kier alpha value is -4.41. The second-order valence-electron chi connectivity index (χ2n) is 9.60. The maximum Gasteiger partial charge on any atom is 0.256 e. The Bertz CT molecular complexity index is 1520. The van der Waals surface area contributed by atoms with Crippen LogP contribution in [-0.4, -0.2) is 42.1 Å². The number of anilines is 2. The minimum Gasteiger partial charge on any atom is -0.368 e. The van der Waals surface area contributed by atoms with Gasteiger partial charge >= 0.3 is 0 Å². The highest BCUT2D eigenvalue weighted by atomic mass is 16.5. The molecule has 4 aromatic rings. The number of amides is 1. The van der Waals surface area contributed by atoms with Crippen molar-refractivity contribution in [3.63, 3.8) is 0 Å². The third kappa shape index (κ3) is 3.96. The van der Waals surface area contributed by atoms with Crippen LogP contribution in [-0.2, 0) is 0 Å². The summed E-state index contributed by atoms with van der Waals surface area (Å²) < 4.78 is 5.33. The van der Waals surface area contributed by atoms with Gasteiger partial charge in [-0.05, 0) is 54.8 Å². The molecule has 0 aliphatic carbocycles. The van der Waals surface area contributed by atoms with Crippen molar-refractivity contribution in [2.45, 2.75) is 19.9 Å². The summed E-state index contributed by atoms with van der Waals surface area (Å²) in [4.78, 5) is 17.7. The number of rotatable bonds is 3. The molecule has 7 nitrogen and oxygen atoms in total. The molecular formula is C30H27N5O2. The SMILES string of the molecule is Cc1noc(C)c1-c1ccc(N2CCN(C3c4ccccc4NC(=O)c4ccccc43)CC2)c(C#N)c1. The van der Waals surface area contributed by atoms with Gasteiger partial charge in [-0.2, -0.15) is 5.26 Å². The molecule has 1 saturated heterocycles. The van der Waals surface area contributed by atoms with E-state index in [0.29, 0.717) is 11.1 Å². The number of piperazine rings is 1. The molecule has 1 atom stereocenters. The lowest BCUT2D eigenvalue weighted by molar-refractivity contribution is 0.102. The standard InChI is InChI=1S/C30H27N5O2/c1-19-28(20(2)37-33-19)21-11-12-27(22(17-21)18-31)34-13-15-35(16-14-34)29-23-7-3-4-8-24(23)30(36)32-26-10-6-5-9-25(26)29/h3-12,17,29H,13-16H2,1-2H3,(H,32,36). The fraction of sp³-hybridized carbons (Fsp3) is 0.233. The van der Waals surface area contributed by atoms with E-state index in [4.69, 9.17) is 4.52 Å². The highest BCUT2D eigenvalue weighted by Crippen LogP contribution is 2.39. The first-order valence-electron chi connectivity index (χ1n) is 12.5. The van der Waals surface area contributed by atoms with Crippen molar-refractivity contribution in [3.8, 4) is 17.2 Å². The quantitative estimate of drug-likeness (QED) is 0.420. The van der Waals surface area contributed by atoms with Crippen LogP contribution in [0.2, 0.25) is 0 Å². The molecule has 1 aromatic heterocycles. The van der Waals surface area contributed by atoms with E-state index in [-0.39, 0.29) is 11.9 Å². The third-order valence-electron chi connectivity index (χ3n) is 7.46. The molecule has 37 heavy (non-hydrogen) atoms. The molecule has 184 valence electrons. The number of para-hydroxylation sites is 1. The number of hydrogen-bond donors (Lipinski definition) is 1. The summed E-state index contributed by atoms with van der Waals surface area (Å²) in [5.74, 6) is 0.681. The maximum absolute atomic E-state index is 13.0. The number of fused-ring (bicyclic) bond motifs is 2. The molecule has 1 fully saturated rings. The zero-order valence-corrected chi connectivity index (χ0v) is 20.9. The number of carbonyl (C=O) groups excluding carboxylic acids is 1. The lowest BCUT2D eigenvalue weighted by Crippen LogP contribution is -2.48. The molecule has 6 rings (SSSR count). The van der Waals surface area contributed by atoms with E-state index in [1.165, 1.54) is 0 Å². The summed E-state index contributed by atoms with van der Waals surface area (Å²) in [6.07, 6.45) is 0. The van der Waals surface area contributed by atoms with Gasteiger partial charge in [-0.15, -0.1) is 0 Å². The van der Waals surface area contributed by atoms with Crippen LogP contribution < -0.4 is 10.2 Å². The maximum atomic E-state index is 13.0. The van der Waals surface area contributed by atoms with Crippen LogP contribution in [0.15, 0.2) is 71.3 Å². The number of nitrogens with one attached hydrogen (secondary N) is 1. The van der Waals surface area contributed by atoms with Crippen molar-refractivity contribution in [2.75, 3.05) is 36.4 Å². The first kappa shape index (κ1) is 23.0. The Labute approximate surface area is 215 Å². The fourth-order valence-electron chi connectivity index (χ4n) is 5.72. The average Bonchev–Trinajstić information content (AvgIpc) is 3.20. The smallest absolute Gasteiger partial charge is 0.256 e. The van der Waals surface area contributed by atoms with Crippen LogP contribution in [0.4, 0.5) is 11.4 Å². The molecular weight excluding hydrogens is 462 g/mol. The normalized spacial score (nSPS) is 17.4. The second kappa shape index (κ2) is 9.23. The predicted molar refractivity (Wildman–Crippen MR) is 143 cm³/mol. The van der Waals surface area contributed by atoms with Crippen LogP contribution in [0.5, 0.6) is 0 Å². The molecule has 0 spiro atoms. The fourth-order valence-corrected chi connectivity index (χ4v) is 5.72. The second-order valence-corrected chi connectivity index (χ2v) is 9.60. The van der Waals surface area contributed by atoms with Gasteiger partial charge < -0.3 is 14.7 Å². The van der Waals surface area contributed by atoms with Crippen molar-refractivity contribution in [3.05, 3.63) is 100 Å². The molecule has 0 bridgehead atoms. The monoisotopic (exact) mass is 489 g/mol. The van der Waals surface area contributed by atoms with E-state index in [1.807, 2.05) is 68.4 Å². The van der Waals surface area contributed by atoms with Crippen LogP contribution >= 0.6 is 0 Å². The zero-order valence-electron chi connectivity index (χ0n) is 20.9. The third-order valence-corrected chi connectivity index (χ3v) is 7.46. The zero-order chi connectivity index (χ0) is 25.5. The van der Waals surface area contributed by atoms with Gasteiger partial charge in [0, 0.05) is 43.0 Å². The van der Waals surface area contributed by atoms with Gasteiger partial charge in [-0.3, -0.25) is 9.69 Å². The highest BCUT2D eigenvalue weighted by Gasteiger charge is 2.33. The summed E-state index contributed by atoms with van der Waals surface area (Å²) in [6, 6.07) is 24.3. The van der Waals surface area contributed by atoms with Crippen LogP contribution in [0.3, 0.4) is 0 Å². The molecule has 1 unspecified atom stereocenters. The molecule has 0 saturated carbocycles. The van der Waals surface area contributed by atoms with Gasteiger partial charge in [0.05, 0.1) is 23.0 Å². The van der Waals surface area contributed by atoms with Gasteiger partial charge in [0.15, 0.2) is 0 Å². The lowest BCUT2D eigenvalue weighted by Gasteiger charge is -2.41. The minimum atomic E-state index is -0.0683. The van der Waals surface area contributed by atoms with E-state index in [2.05, 4.69) is 38.5 Å². The molecule has 1 amide bonds. The first-order valence-corrected chi connectivity index (χ1v) is 12.5. The number of carbonyl (C=O) groups is 1. The van der Waals surface area contributed by atoms with Crippen molar-refractivity contribution in [2.24, 2.45) is 0 Å². The first-order chi connectivity index (χ1) is 18.0. The minimum absolute atomic E-state index is 0.0224. The number of aryl methyl sites for hydroxylation is 2. The molecule has 7 heteroatoms. The van der Waals surface area contributed by atoms with Crippen molar-refractivity contribution < 1.29 is 9.32 Å². The Balaban J connectivity index is 1.29. The van der Waals surface area contributed by atoms with E-state index in [0.717, 1.165) is 71.3 Å². The number of nitriles is 1. The predicted octanol–water partition coefficient (Wildman–Crippen LogP) is 5.31. The molecule has 3 aromatic carbocycles. The topological polar surface area (TPSA) is 85.4 Å². The van der Waals surface area contributed by atoms with Crippen molar-refractivity contribution in [1.82, 2.24) is 10.1 Å². The summed E-state index contributed by atoms with van der Waals surface area (Å²) in [5.41, 5.74) is 8.00. The number of nitrogens with zero attached hydrogens (tertiary/aromatic N) is 4. The van der Waals surface area contributed by atoms with Crippen LogP contribution in [0, 0.1) is 25.2 Å². The molecule has 2 aliphatic rings. The van der Waals surface area contributed by atoms with Gasteiger partial charge in [0.25, 0.3) is 5.91 Å². The largest absolute Gasteiger partial charge is 0.368 e. The summed E-state index contributed by atoms with van der Waals surface area (Å²) in [6.45, 7) is 6.97. The molecule has 3 heterocycles. The van der Waals surface area contributed by atoms with Gasteiger partial charge in [0.2, 0.25) is 0 Å². The van der Waals surface area contributed by atoms with Gasteiger partial charge in [-0.25, -0.2) is 0 Å². The Kier molecular flexibility index (Phi) is 5.74. The van der Waals surface area contributed by atoms with Gasteiger partial charge in [-0.1, -0.05) is 47.6 Å². The lowest BCUT2D eigenvalue weighted by atomic mass is 9.93. The summed E-state index contributed by atoms with van der Waals surface area (Å²) in [5, 5.41) is 17.1. The van der Waals surface area contributed by atoms with Crippen molar-refractivity contribution in [1.29, 1.82) is 5.26 Å². The Morgan fingerprint density at radius 3 is 2.43 bits per heavy atom. The Morgan fingerprint density at radius 1 is 0.973 bits per heavy atom. The number of hydrogen-bond acceptors (Lipinski definition) is 6. The van der Waals surface area contributed by atoms with Crippen LogP contribution in [0.1, 0.15) is 44.5 Å². The van der Waals surface area contributed by atoms with Crippen molar-refractivity contribution >= 4 is 17.3 Å². The Morgan fingerprint density at radius 2 is 1.70 bits per heavy atom. The molecule has 1 N–H and O–H groups in total. The van der Waals surface area contributed by atoms with Crippen LogP contribution in [0.25, 0.3) is 11.1 Å². The summed E-state index contributed by atoms with van der Waals surface area (Å²) >= 11 is 0. The summed E-state index contributed by atoms with van der Waals surface area (Å²) in [7, 11) is 0. The van der Waals surface area contributed by atoms with Gasteiger partial charge in [0.1, 0.15) is 11.8 Å². The average molecular weight is 490 g/mol. The molecule has 0 radical (unpaired) electrons. The van der Waals surface area contributed by atoms with E-state index >= 15 is 0 Å². The van der Waals surface area contributed by atoms with E-state index in [9.17, 15) is 10.1 Å². The highest BCUT2D eigenvalue weighted by molar-refractivity contribution is 6.07. The van der Waals surface area contributed by atoms with E-state index in [1.54, 1.807) is 0 Å². The number of aromatic nitrogens is 1.